The van der Waals surface area contributed by atoms with Crippen molar-refractivity contribution in [2.45, 2.75) is 12.3 Å². The highest BCUT2D eigenvalue weighted by atomic mass is 32.2. The Hall–Kier alpha value is -2.74. The van der Waals surface area contributed by atoms with Crippen LogP contribution in [0.3, 0.4) is 0 Å². The molecule has 1 fully saturated rings. The number of hydrogen-bond acceptors (Lipinski definition) is 4. The molecular weight excluding hydrogens is 410 g/mol. The molecular formula is C24H27N3O3S. The molecule has 1 aliphatic rings. The van der Waals surface area contributed by atoms with Gasteiger partial charge in [0.15, 0.2) is 0 Å². The summed E-state index contributed by atoms with van der Waals surface area (Å²) < 4.78 is 26.9. The largest absolute Gasteiger partial charge is 0.348 e. The van der Waals surface area contributed by atoms with Gasteiger partial charge in [-0.05, 0) is 41.1 Å². The Kier molecular flexibility index (Phi) is 6.36. The van der Waals surface area contributed by atoms with E-state index in [1.807, 2.05) is 37.4 Å². The van der Waals surface area contributed by atoms with Crippen LogP contribution in [0.2, 0.25) is 0 Å². The van der Waals surface area contributed by atoms with Crippen LogP contribution in [-0.4, -0.2) is 56.8 Å². The van der Waals surface area contributed by atoms with Gasteiger partial charge in [-0.25, -0.2) is 8.42 Å². The number of nitrogens with zero attached hydrogens (tertiary/aromatic N) is 2. The fourth-order valence-electron chi connectivity index (χ4n) is 3.84. The maximum Gasteiger partial charge on any atom is 0.251 e. The molecule has 3 aromatic carbocycles. The topological polar surface area (TPSA) is 69.7 Å². The van der Waals surface area contributed by atoms with Crippen LogP contribution in [0.5, 0.6) is 0 Å². The van der Waals surface area contributed by atoms with Gasteiger partial charge in [-0.1, -0.05) is 54.6 Å². The minimum Gasteiger partial charge on any atom is -0.348 e. The van der Waals surface area contributed by atoms with Crippen molar-refractivity contribution < 1.29 is 13.2 Å². The summed E-state index contributed by atoms with van der Waals surface area (Å²) in [5, 5.41) is 5.22. The van der Waals surface area contributed by atoms with Crippen molar-refractivity contribution in [3.63, 3.8) is 0 Å². The minimum atomic E-state index is -3.35. The lowest BCUT2D eigenvalue weighted by atomic mass is 10.0. The molecule has 0 saturated carbocycles. The van der Waals surface area contributed by atoms with Crippen molar-refractivity contribution in [3.8, 4) is 0 Å². The van der Waals surface area contributed by atoms with Crippen molar-refractivity contribution in [2.75, 3.05) is 33.2 Å². The Balaban J connectivity index is 1.38. The van der Waals surface area contributed by atoms with Crippen molar-refractivity contribution in [1.29, 1.82) is 0 Å². The van der Waals surface area contributed by atoms with Gasteiger partial charge >= 0.3 is 0 Å². The molecule has 4 rings (SSSR count). The fourth-order valence-corrected chi connectivity index (χ4v) is 5.36. The van der Waals surface area contributed by atoms with E-state index in [4.69, 9.17) is 0 Å². The molecule has 0 unspecified atom stereocenters. The summed E-state index contributed by atoms with van der Waals surface area (Å²) in [5.74, 6) is -0.226. The van der Waals surface area contributed by atoms with Gasteiger partial charge in [-0.15, -0.1) is 0 Å². The first kappa shape index (κ1) is 21.5. The zero-order valence-electron chi connectivity index (χ0n) is 17.6. The van der Waals surface area contributed by atoms with Crippen LogP contribution in [0, 0.1) is 0 Å². The second-order valence-electron chi connectivity index (χ2n) is 7.98. The Morgan fingerprint density at radius 1 is 0.903 bits per heavy atom. The summed E-state index contributed by atoms with van der Waals surface area (Å²) >= 11 is 0. The number of sulfonamides is 1. The molecule has 0 bridgehead atoms. The number of carbonyl (C=O) groups excluding carboxylic acids is 1. The number of likely N-dealkylation sites (N-methyl/N-ethyl adjacent to an activating group) is 1. The third kappa shape index (κ3) is 5.12. The molecule has 1 aliphatic heterocycles. The number of rotatable bonds is 6. The van der Waals surface area contributed by atoms with E-state index < -0.39 is 10.0 Å². The summed E-state index contributed by atoms with van der Waals surface area (Å²) in [6.45, 7) is 2.96. The van der Waals surface area contributed by atoms with E-state index in [0.717, 1.165) is 29.4 Å². The molecule has 0 atom stereocenters. The molecule has 0 aliphatic carbocycles. The normalized spacial score (nSPS) is 15.8. The van der Waals surface area contributed by atoms with E-state index in [9.17, 15) is 13.2 Å². The third-order valence-electron chi connectivity index (χ3n) is 5.74. The first-order chi connectivity index (χ1) is 14.9. The Bertz CT molecular complexity index is 1160. The number of benzene rings is 3. The van der Waals surface area contributed by atoms with Gasteiger partial charge in [0.05, 0.1) is 5.75 Å². The molecule has 1 saturated heterocycles. The van der Waals surface area contributed by atoms with Gasteiger partial charge < -0.3 is 10.2 Å². The second-order valence-corrected chi connectivity index (χ2v) is 9.95. The van der Waals surface area contributed by atoms with E-state index in [1.54, 1.807) is 28.6 Å². The number of hydrogen-bond donors (Lipinski definition) is 1. The van der Waals surface area contributed by atoms with Gasteiger partial charge in [0.1, 0.15) is 0 Å². The SMILES string of the molecule is CN1CCN(S(=O)(=O)Cc2ccc(C(=O)NCc3cccc4ccccc34)cc2)CC1. The van der Waals surface area contributed by atoms with Crippen LogP contribution in [0.25, 0.3) is 10.8 Å². The molecule has 0 spiro atoms. The number of fused-ring (bicyclic) bond motifs is 1. The summed E-state index contributed by atoms with van der Waals surface area (Å²) in [7, 11) is -1.36. The van der Waals surface area contributed by atoms with Gasteiger partial charge in [-0.3, -0.25) is 4.79 Å². The molecule has 162 valence electrons. The Labute approximate surface area is 183 Å². The zero-order chi connectivity index (χ0) is 21.8. The third-order valence-corrected chi connectivity index (χ3v) is 7.59. The van der Waals surface area contributed by atoms with Gasteiger partial charge in [0.25, 0.3) is 5.91 Å². The average molecular weight is 438 g/mol. The lowest BCUT2D eigenvalue weighted by Gasteiger charge is -2.31. The number of piperazine rings is 1. The monoisotopic (exact) mass is 437 g/mol. The molecule has 6 nitrogen and oxygen atoms in total. The van der Waals surface area contributed by atoms with Gasteiger partial charge in [0, 0.05) is 38.3 Å². The molecule has 1 amide bonds. The lowest BCUT2D eigenvalue weighted by molar-refractivity contribution is 0.0951. The van der Waals surface area contributed by atoms with Crippen LogP contribution < -0.4 is 5.32 Å². The molecule has 0 radical (unpaired) electrons. The van der Waals surface area contributed by atoms with E-state index in [-0.39, 0.29) is 11.7 Å². The quantitative estimate of drug-likeness (QED) is 0.644. The van der Waals surface area contributed by atoms with E-state index >= 15 is 0 Å². The van der Waals surface area contributed by atoms with Crippen LogP contribution in [0.15, 0.2) is 66.7 Å². The molecule has 7 heteroatoms. The first-order valence-corrected chi connectivity index (χ1v) is 12.0. The predicted octanol–water partition coefficient (Wildman–Crippen LogP) is 2.85. The zero-order valence-corrected chi connectivity index (χ0v) is 18.4. The molecule has 1 N–H and O–H groups in total. The van der Waals surface area contributed by atoms with E-state index in [0.29, 0.717) is 30.8 Å². The molecule has 3 aromatic rings. The first-order valence-electron chi connectivity index (χ1n) is 10.4. The van der Waals surface area contributed by atoms with Crippen molar-refractivity contribution in [1.82, 2.24) is 14.5 Å². The summed E-state index contributed by atoms with van der Waals surface area (Å²) in [6.07, 6.45) is 0. The molecule has 31 heavy (non-hydrogen) atoms. The van der Waals surface area contributed by atoms with Crippen molar-refractivity contribution >= 4 is 26.7 Å². The second kappa shape index (κ2) is 9.18. The highest BCUT2D eigenvalue weighted by Crippen LogP contribution is 2.19. The number of carbonyl (C=O) groups is 1. The van der Waals surface area contributed by atoms with E-state index in [2.05, 4.69) is 22.3 Å². The van der Waals surface area contributed by atoms with Crippen molar-refractivity contribution in [2.24, 2.45) is 0 Å². The highest BCUT2D eigenvalue weighted by Gasteiger charge is 2.25. The van der Waals surface area contributed by atoms with Gasteiger partial charge in [-0.2, -0.15) is 4.31 Å². The lowest BCUT2D eigenvalue weighted by Crippen LogP contribution is -2.47. The van der Waals surface area contributed by atoms with Crippen LogP contribution in [-0.2, 0) is 22.3 Å². The predicted molar refractivity (Wildman–Crippen MR) is 123 cm³/mol. The Morgan fingerprint density at radius 3 is 2.32 bits per heavy atom. The smallest absolute Gasteiger partial charge is 0.251 e. The van der Waals surface area contributed by atoms with Crippen LogP contribution in [0.1, 0.15) is 21.5 Å². The fraction of sp³-hybridized carbons (Fsp3) is 0.292. The minimum absolute atomic E-state index is 0.0470. The number of amides is 1. The highest BCUT2D eigenvalue weighted by molar-refractivity contribution is 7.88. The van der Waals surface area contributed by atoms with Crippen molar-refractivity contribution in [3.05, 3.63) is 83.4 Å². The molecule has 0 aromatic heterocycles. The standard InChI is InChI=1S/C24H27N3O3S/c1-26-13-15-27(16-14-26)31(29,30)18-19-9-11-21(12-10-19)24(28)25-17-22-7-4-6-20-5-2-3-8-23(20)22/h2-12H,13-18H2,1H3,(H,25,28). The summed E-state index contributed by atoms with van der Waals surface area (Å²) in [5.41, 5.74) is 2.26. The van der Waals surface area contributed by atoms with E-state index in [1.165, 1.54) is 0 Å². The average Bonchev–Trinajstić information content (AvgIpc) is 2.78. The van der Waals surface area contributed by atoms with Gasteiger partial charge in [0.2, 0.25) is 10.0 Å². The Morgan fingerprint density at radius 2 is 1.58 bits per heavy atom. The summed E-state index contributed by atoms with van der Waals surface area (Å²) in [6, 6.07) is 21.0. The number of nitrogens with one attached hydrogen (secondary N) is 1. The molecule has 1 heterocycles. The van der Waals surface area contributed by atoms with Crippen LogP contribution in [0.4, 0.5) is 0 Å². The maximum absolute atomic E-state index is 12.7. The summed E-state index contributed by atoms with van der Waals surface area (Å²) in [4.78, 5) is 14.7. The van der Waals surface area contributed by atoms with Crippen LogP contribution >= 0.6 is 0 Å². The maximum atomic E-state index is 12.7.